The fraction of sp³-hybridized carbons (Fsp3) is 0.211. The molecule has 2 rings (SSSR count). The van der Waals surface area contributed by atoms with Crippen LogP contribution in [-0.2, 0) is 11.3 Å². The number of rotatable bonds is 8. The Kier molecular flexibility index (Phi) is 6.32. The van der Waals surface area contributed by atoms with Gasteiger partial charge < -0.3 is 14.4 Å². The van der Waals surface area contributed by atoms with Crippen molar-refractivity contribution in [1.29, 1.82) is 0 Å². The average Bonchev–Trinajstić information content (AvgIpc) is 2.64. The number of carbonyl (C=O) groups is 1. The lowest BCUT2D eigenvalue weighted by molar-refractivity contribution is -0.384. The molecule has 0 spiro atoms. The zero-order valence-corrected chi connectivity index (χ0v) is 14.8. The molecule has 7 heteroatoms. The standard InChI is InChI=1S/C19H20N2O5/c1-20(2)12-18(25-3)19(22)16-11-15(21(23)24)9-10-17(16)26-13-14-7-5-4-6-8-14/h4-12H,13H2,1-3H3/b18-12-. The van der Waals surface area contributed by atoms with E-state index in [-0.39, 0.29) is 29.4 Å². The maximum atomic E-state index is 12.8. The number of nitro groups is 1. The maximum Gasteiger partial charge on any atom is 0.270 e. The highest BCUT2D eigenvalue weighted by Gasteiger charge is 2.22. The number of benzene rings is 2. The van der Waals surface area contributed by atoms with Crippen molar-refractivity contribution < 1.29 is 19.2 Å². The molecule has 26 heavy (non-hydrogen) atoms. The van der Waals surface area contributed by atoms with Gasteiger partial charge in [-0.25, -0.2) is 0 Å². The normalized spacial score (nSPS) is 11.0. The third-order valence-corrected chi connectivity index (χ3v) is 3.47. The molecule has 2 aromatic rings. The highest BCUT2D eigenvalue weighted by Crippen LogP contribution is 2.27. The second kappa shape index (κ2) is 8.66. The zero-order valence-electron chi connectivity index (χ0n) is 14.8. The number of ketones is 1. The van der Waals surface area contributed by atoms with Gasteiger partial charge in [0.25, 0.3) is 5.69 Å². The summed E-state index contributed by atoms with van der Waals surface area (Å²) in [5.74, 6) is -0.181. The SMILES string of the molecule is CO/C(=C\N(C)C)C(=O)c1cc([N+](=O)[O-])ccc1OCc1ccccc1. The van der Waals surface area contributed by atoms with Gasteiger partial charge in [-0.2, -0.15) is 0 Å². The van der Waals surface area contributed by atoms with Crippen molar-refractivity contribution in [2.24, 2.45) is 0 Å². The third kappa shape index (κ3) is 4.83. The largest absolute Gasteiger partial charge is 0.491 e. The summed E-state index contributed by atoms with van der Waals surface area (Å²) in [5, 5.41) is 11.1. The van der Waals surface area contributed by atoms with Crippen LogP contribution in [0.2, 0.25) is 0 Å². The summed E-state index contributed by atoms with van der Waals surface area (Å²) in [7, 11) is 4.86. The number of hydrogen-bond acceptors (Lipinski definition) is 6. The molecule has 2 aromatic carbocycles. The second-order valence-electron chi connectivity index (χ2n) is 5.70. The monoisotopic (exact) mass is 356 g/mol. The number of non-ortho nitro benzene ring substituents is 1. The number of carbonyl (C=O) groups excluding carboxylic acids is 1. The third-order valence-electron chi connectivity index (χ3n) is 3.47. The van der Waals surface area contributed by atoms with E-state index in [0.717, 1.165) is 5.56 Å². The van der Waals surface area contributed by atoms with Crippen LogP contribution < -0.4 is 4.74 Å². The van der Waals surface area contributed by atoms with E-state index in [1.807, 2.05) is 30.3 Å². The summed E-state index contributed by atoms with van der Waals surface area (Å²) in [6.45, 7) is 0.235. The van der Waals surface area contributed by atoms with Gasteiger partial charge in [0.05, 0.1) is 17.6 Å². The lowest BCUT2D eigenvalue weighted by Gasteiger charge is -2.13. The first-order valence-corrected chi connectivity index (χ1v) is 7.84. The van der Waals surface area contributed by atoms with E-state index in [4.69, 9.17) is 9.47 Å². The Hall–Kier alpha value is -3.35. The van der Waals surface area contributed by atoms with Gasteiger partial charge in [0.1, 0.15) is 12.4 Å². The topological polar surface area (TPSA) is 81.9 Å². The van der Waals surface area contributed by atoms with Crippen LogP contribution in [0.25, 0.3) is 0 Å². The minimum Gasteiger partial charge on any atom is -0.491 e. The van der Waals surface area contributed by atoms with Crippen LogP contribution in [-0.4, -0.2) is 36.8 Å². The zero-order chi connectivity index (χ0) is 19.1. The smallest absolute Gasteiger partial charge is 0.270 e. The molecule has 0 atom stereocenters. The Morgan fingerprint density at radius 2 is 1.88 bits per heavy atom. The van der Waals surface area contributed by atoms with E-state index in [1.54, 1.807) is 19.0 Å². The summed E-state index contributed by atoms with van der Waals surface area (Å²) < 4.78 is 10.9. The van der Waals surface area contributed by atoms with Crippen molar-refractivity contribution in [3.63, 3.8) is 0 Å². The Bertz CT molecular complexity index is 816. The summed E-state index contributed by atoms with van der Waals surface area (Å²) in [5.41, 5.74) is 0.797. The number of nitro benzene ring substituents is 1. The van der Waals surface area contributed by atoms with Crippen molar-refractivity contribution in [2.45, 2.75) is 6.61 Å². The van der Waals surface area contributed by atoms with Gasteiger partial charge in [-0.1, -0.05) is 30.3 Å². The average molecular weight is 356 g/mol. The van der Waals surface area contributed by atoms with Gasteiger partial charge >= 0.3 is 0 Å². The number of nitrogens with zero attached hydrogens (tertiary/aromatic N) is 2. The molecule has 136 valence electrons. The predicted octanol–water partition coefficient (Wildman–Crippen LogP) is 3.41. The molecule has 0 heterocycles. The summed E-state index contributed by atoms with van der Waals surface area (Å²) >= 11 is 0. The Labute approximate surface area is 151 Å². The van der Waals surface area contributed by atoms with Gasteiger partial charge in [0, 0.05) is 32.4 Å². The minimum absolute atomic E-state index is 0.0556. The first-order valence-electron chi connectivity index (χ1n) is 7.84. The summed E-state index contributed by atoms with van der Waals surface area (Å²) in [6.07, 6.45) is 1.50. The number of hydrogen-bond donors (Lipinski definition) is 0. The fourth-order valence-electron chi connectivity index (χ4n) is 2.24. The van der Waals surface area contributed by atoms with E-state index in [9.17, 15) is 14.9 Å². The van der Waals surface area contributed by atoms with Crippen LogP contribution >= 0.6 is 0 Å². The van der Waals surface area contributed by atoms with E-state index in [0.29, 0.717) is 0 Å². The first-order chi connectivity index (χ1) is 12.4. The van der Waals surface area contributed by atoms with E-state index >= 15 is 0 Å². The van der Waals surface area contributed by atoms with Crippen molar-refractivity contribution in [3.05, 3.63) is 81.7 Å². The quantitative estimate of drug-likeness (QED) is 0.237. The van der Waals surface area contributed by atoms with Crippen molar-refractivity contribution >= 4 is 11.5 Å². The molecule has 0 bridgehead atoms. The van der Waals surface area contributed by atoms with Crippen molar-refractivity contribution in [1.82, 2.24) is 4.90 Å². The molecule has 0 unspecified atom stereocenters. The molecule has 0 aliphatic heterocycles. The number of Topliss-reactive ketones (excluding diaryl/α,β-unsaturated/α-hetero) is 1. The van der Waals surface area contributed by atoms with Gasteiger partial charge in [-0.3, -0.25) is 14.9 Å². The second-order valence-corrected chi connectivity index (χ2v) is 5.70. The molecule has 0 N–H and O–H groups in total. The highest BCUT2D eigenvalue weighted by molar-refractivity contribution is 6.09. The number of allylic oxidation sites excluding steroid dienone is 1. The van der Waals surface area contributed by atoms with Crippen molar-refractivity contribution in [3.8, 4) is 5.75 Å². The van der Waals surface area contributed by atoms with Gasteiger partial charge in [-0.05, 0) is 11.6 Å². The van der Waals surface area contributed by atoms with Crippen LogP contribution in [0.5, 0.6) is 5.75 Å². The van der Waals surface area contributed by atoms with Gasteiger partial charge in [-0.15, -0.1) is 0 Å². The fourth-order valence-corrected chi connectivity index (χ4v) is 2.24. The van der Waals surface area contributed by atoms with E-state index in [2.05, 4.69) is 0 Å². The molecule has 7 nitrogen and oxygen atoms in total. The molecule has 0 aliphatic carbocycles. The molecule has 0 radical (unpaired) electrons. The Balaban J connectivity index is 2.38. The number of methoxy groups -OCH3 is 1. The van der Waals surface area contributed by atoms with Crippen LogP contribution in [0.1, 0.15) is 15.9 Å². The van der Waals surface area contributed by atoms with Gasteiger partial charge in [0.2, 0.25) is 5.78 Å². The van der Waals surface area contributed by atoms with E-state index in [1.165, 1.54) is 31.5 Å². The molecular weight excluding hydrogens is 336 g/mol. The molecule has 0 saturated carbocycles. The molecule has 0 aliphatic rings. The molecule has 0 amide bonds. The van der Waals surface area contributed by atoms with E-state index < -0.39 is 10.7 Å². The van der Waals surface area contributed by atoms with Crippen LogP contribution in [0.15, 0.2) is 60.5 Å². The van der Waals surface area contributed by atoms with Crippen LogP contribution in [0, 0.1) is 10.1 Å². The van der Waals surface area contributed by atoms with Crippen molar-refractivity contribution in [2.75, 3.05) is 21.2 Å². The molecule has 0 aromatic heterocycles. The molecular formula is C19H20N2O5. The number of ether oxygens (including phenoxy) is 2. The van der Waals surface area contributed by atoms with Gasteiger partial charge in [0.15, 0.2) is 5.76 Å². The van der Waals surface area contributed by atoms with Crippen LogP contribution in [0.4, 0.5) is 5.69 Å². The minimum atomic E-state index is -0.556. The lowest BCUT2D eigenvalue weighted by atomic mass is 10.1. The maximum absolute atomic E-state index is 12.8. The first kappa shape index (κ1) is 19.0. The Morgan fingerprint density at radius 1 is 1.19 bits per heavy atom. The lowest BCUT2D eigenvalue weighted by Crippen LogP contribution is -2.13. The summed E-state index contributed by atoms with van der Waals surface area (Å²) in [6, 6.07) is 13.4. The molecule has 0 saturated heterocycles. The predicted molar refractivity (Wildman–Crippen MR) is 97.0 cm³/mol. The highest BCUT2D eigenvalue weighted by atomic mass is 16.6. The molecule has 0 fully saturated rings. The van der Waals surface area contributed by atoms with Crippen LogP contribution in [0.3, 0.4) is 0 Å². The summed E-state index contributed by atoms with van der Waals surface area (Å²) in [4.78, 5) is 25.0. The Morgan fingerprint density at radius 3 is 2.46 bits per heavy atom.